The van der Waals surface area contributed by atoms with Crippen molar-refractivity contribution in [3.8, 4) is 0 Å². The molecule has 1 heterocycles. The summed E-state index contributed by atoms with van der Waals surface area (Å²) < 4.78 is 5.46. The second kappa shape index (κ2) is 4.99. The minimum absolute atomic E-state index is 0.0919. The molecule has 0 fully saturated rings. The monoisotopic (exact) mass is 272 g/mol. The van der Waals surface area contributed by atoms with E-state index in [-0.39, 0.29) is 5.38 Å². The van der Waals surface area contributed by atoms with E-state index in [1.807, 2.05) is 0 Å². The van der Waals surface area contributed by atoms with Crippen LogP contribution in [0.15, 0.2) is 36.4 Å². The van der Waals surface area contributed by atoms with Crippen molar-refractivity contribution in [2.24, 2.45) is 0 Å². The van der Waals surface area contributed by atoms with Gasteiger partial charge in [-0.3, -0.25) is 0 Å². The molecule has 0 saturated heterocycles. The van der Waals surface area contributed by atoms with Crippen LogP contribution in [0.5, 0.6) is 0 Å². The molecule has 0 aromatic heterocycles. The van der Waals surface area contributed by atoms with Gasteiger partial charge in [0.25, 0.3) is 0 Å². The molecular weight excluding hydrogens is 256 g/mol. The number of benzene rings is 2. The summed E-state index contributed by atoms with van der Waals surface area (Å²) in [6.07, 6.45) is 0. The summed E-state index contributed by atoms with van der Waals surface area (Å²) in [5.74, 6) is 0. The molecule has 1 unspecified atom stereocenters. The van der Waals surface area contributed by atoms with Gasteiger partial charge in [0.15, 0.2) is 0 Å². The van der Waals surface area contributed by atoms with Crippen molar-refractivity contribution in [1.29, 1.82) is 0 Å². The average Bonchev–Trinajstić information content (AvgIpc) is 2.88. The quantitative estimate of drug-likeness (QED) is 0.723. The number of alkyl halides is 1. The van der Waals surface area contributed by atoms with E-state index >= 15 is 0 Å². The van der Waals surface area contributed by atoms with Crippen LogP contribution in [0.25, 0.3) is 0 Å². The summed E-state index contributed by atoms with van der Waals surface area (Å²) in [6, 6.07) is 12.9. The molecule has 98 valence electrons. The normalized spacial score (nSPS) is 15.3. The predicted molar refractivity (Wildman–Crippen MR) is 78.5 cm³/mol. The number of aryl methyl sites for hydroxylation is 2. The SMILES string of the molecule is Cc1ccc(C)c(C(Cl)c2ccc3c(c2)COC3)c1. The van der Waals surface area contributed by atoms with Gasteiger partial charge in [-0.15, -0.1) is 11.6 Å². The van der Waals surface area contributed by atoms with Gasteiger partial charge in [0, 0.05) is 0 Å². The molecule has 0 N–H and O–H groups in total. The Balaban J connectivity index is 1.99. The Kier molecular flexibility index (Phi) is 3.34. The predicted octanol–water partition coefficient (Wildman–Crippen LogP) is 4.66. The molecule has 0 spiro atoms. The molecule has 1 nitrogen and oxygen atoms in total. The first-order valence-corrected chi connectivity index (χ1v) is 6.99. The van der Waals surface area contributed by atoms with Gasteiger partial charge in [-0.25, -0.2) is 0 Å². The fourth-order valence-electron chi connectivity index (χ4n) is 2.56. The van der Waals surface area contributed by atoms with Crippen molar-refractivity contribution in [2.75, 3.05) is 0 Å². The molecule has 0 amide bonds. The molecule has 1 atom stereocenters. The topological polar surface area (TPSA) is 9.23 Å². The molecule has 2 aromatic carbocycles. The van der Waals surface area contributed by atoms with Crippen molar-refractivity contribution in [3.63, 3.8) is 0 Å². The highest BCUT2D eigenvalue weighted by Gasteiger charge is 2.17. The van der Waals surface area contributed by atoms with E-state index in [2.05, 4.69) is 50.2 Å². The maximum Gasteiger partial charge on any atom is 0.0838 e. The maximum atomic E-state index is 6.67. The highest BCUT2D eigenvalue weighted by molar-refractivity contribution is 6.22. The lowest BCUT2D eigenvalue weighted by atomic mass is 9.96. The molecular formula is C17H17ClO. The summed E-state index contributed by atoms with van der Waals surface area (Å²) >= 11 is 6.67. The average molecular weight is 273 g/mol. The first-order chi connectivity index (χ1) is 9.15. The zero-order valence-electron chi connectivity index (χ0n) is 11.2. The van der Waals surface area contributed by atoms with Crippen LogP contribution in [-0.2, 0) is 18.0 Å². The zero-order valence-corrected chi connectivity index (χ0v) is 12.0. The van der Waals surface area contributed by atoms with E-state index in [0.29, 0.717) is 6.61 Å². The molecule has 0 saturated carbocycles. The van der Waals surface area contributed by atoms with Crippen LogP contribution in [0.1, 0.15) is 38.8 Å². The smallest absolute Gasteiger partial charge is 0.0838 e. The minimum atomic E-state index is -0.0919. The molecule has 0 bridgehead atoms. The maximum absolute atomic E-state index is 6.67. The third-order valence-corrected chi connectivity index (χ3v) is 4.23. The van der Waals surface area contributed by atoms with Gasteiger partial charge in [-0.05, 0) is 41.7 Å². The fourth-order valence-corrected chi connectivity index (χ4v) is 2.93. The van der Waals surface area contributed by atoms with Crippen molar-refractivity contribution in [2.45, 2.75) is 32.4 Å². The Bertz CT molecular complexity index is 619. The van der Waals surface area contributed by atoms with Gasteiger partial charge in [0.1, 0.15) is 0 Å². The number of halogens is 1. The third kappa shape index (κ3) is 2.41. The van der Waals surface area contributed by atoms with E-state index in [0.717, 1.165) is 12.2 Å². The van der Waals surface area contributed by atoms with Gasteiger partial charge in [-0.1, -0.05) is 42.0 Å². The lowest BCUT2D eigenvalue weighted by molar-refractivity contribution is 0.134. The number of hydrogen-bond acceptors (Lipinski definition) is 1. The second-order valence-electron chi connectivity index (χ2n) is 5.24. The van der Waals surface area contributed by atoms with E-state index in [9.17, 15) is 0 Å². The molecule has 19 heavy (non-hydrogen) atoms. The number of fused-ring (bicyclic) bond motifs is 1. The van der Waals surface area contributed by atoms with E-state index in [4.69, 9.17) is 16.3 Å². The largest absolute Gasteiger partial charge is 0.372 e. The zero-order chi connectivity index (χ0) is 13.4. The van der Waals surface area contributed by atoms with Crippen molar-refractivity contribution < 1.29 is 4.74 Å². The molecule has 1 aliphatic heterocycles. The first-order valence-electron chi connectivity index (χ1n) is 6.56. The van der Waals surface area contributed by atoms with Crippen LogP contribution in [0.3, 0.4) is 0 Å². The molecule has 1 aliphatic rings. The Labute approximate surface area is 119 Å². The van der Waals surface area contributed by atoms with Crippen LogP contribution in [-0.4, -0.2) is 0 Å². The van der Waals surface area contributed by atoms with Crippen molar-refractivity contribution in [1.82, 2.24) is 0 Å². The molecule has 0 radical (unpaired) electrons. The lowest BCUT2D eigenvalue weighted by Gasteiger charge is -2.15. The number of rotatable bonds is 2. The minimum Gasteiger partial charge on any atom is -0.372 e. The molecule has 3 rings (SSSR count). The van der Waals surface area contributed by atoms with E-state index < -0.39 is 0 Å². The Morgan fingerprint density at radius 1 is 1.00 bits per heavy atom. The van der Waals surface area contributed by atoms with Crippen molar-refractivity contribution in [3.05, 3.63) is 69.8 Å². The first kappa shape index (κ1) is 12.7. The van der Waals surface area contributed by atoms with E-state index in [1.54, 1.807) is 0 Å². The van der Waals surface area contributed by atoms with Crippen LogP contribution >= 0.6 is 11.6 Å². The Morgan fingerprint density at radius 2 is 1.79 bits per heavy atom. The van der Waals surface area contributed by atoms with Gasteiger partial charge in [-0.2, -0.15) is 0 Å². The molecule has 2 heteroatoms. The van der Waals surface area contributed by atoms with Crippen molar-refractivity contribution >= 4 is 11.6 Å². The second-order valence-corrected chi connectivity index (χ2v) is 5.68. The fraction of sp³-hybridized carbons (Fsp3) is 0.294. The highest BCUT2D eigenvalue weighted by Crippen LogP contribution is 2.33. The Hall–Kier alpha value is -1.31. The summed E-state index contributed by atoms with van der Waals surface area (Å²) in [7, 11) is 0. The molecule has 0 aliphatic carbocycles. The number of hydrogen-bond donors (Lipinski definition) is 0. The lowest BCUT2D eigenvalue weighted by Crippen LogP contribution is -1.98. The van der Waals surface area contributed by atoms with E-state index in [1.165, 1.54) is 27.8 Å². The van der Waals surface area contributed by atoms with Gasteiger partial charge in [0.05, 0.1) is 18.6 Å². The highest BCUT2D eigenvalue weighted by atomic mass is 35.5. The van der Waals surface area contributed by atoms with Gasteiger partial charge < -0.3 is 4.74 Å². The summed E-state index contributed by atoms with van der Waals surface area (Å²) in [4.78, 5) is 0. The Morgan fingerprint density at radius 3 is 2.63 bits per heavy atom. The summed E-state index contributed by atoms with van der Waals surface area (Å²) in [6.45, 7) is 5.65. The van der Waals surface area contributed by atoms with Gasteiger partial charge in [0.2, 0.25) is 0 Å². The van der Waals surface area contributed by atoms with Crippen LogP contribution < -0.4 is 0 Å². The summed E-state index contributed by atoms with van der Waals surface area (Å²) in [5, 5.41) is -0.0919. The van der Waals surface area contributed by atoms with Crippen LogP contribution in [0, 0.1) is 13.8 Å². The van der Waals surface area contributed by atoms with Crippen LogP contribution in [0.2, 0.25) is 0 Å². The number of ether oxygens (including phenoxy) is 1. The van der Waals surface area contributed by atoms with Gasteiger partial charge >= 0.3 is 0 Å². The molecule has 2 aromatic rings. The standard InChI is InChI=1S/C17H17ClO/c1-11-3-4-12(2)16(7-11)17(18)13-5-6-14-9-19-10-15(14)8-13/h3-8,17H,9-10H2,1-2H3. The third-order valence-electron chi connectivity index (χ3n) is 3.75. The summed E-state index contributed by atoms with van der Waals surface area (Å²) in [5.41, 5.74) is 7.39. The van der Waals surface area contributed by atoms with Crippen LogP contribution in [0.4, 0.5) is 0 Å².